The molecule has 1 aliphatic rings. The molecule has 0 aromatic heterocycles. The first-order chi connectivity index (χ1) is 10.8. The van der Waals surface area contributed by atoms with Crippen molar-refractivity contribution in [3.63, 3.8) is 0 Å². The molecule has 0 saturated heterocycles. The molecule has 0 unspecified atom stereocenters. The molecule has 1 N–H and O–H groups in total. The molecule has 1 aromatic carbocycles. The third-order valence-electron chi connectivity index (χ3n) is 3.93. The molecular formula is C18H29N3O. The Hall–Kier alpha value is -1.55. The van der Waals surface area contributed by atoms with Crippen molar-refractivity contribution in [1.29, 1.82) is 0 Å². The van der Waals surface area contributed by atoms with Gasteiger partial charge in [-0.3, -0.25) is 4.99 Å². The van der Waals surface area contributed by atoms with Gasteiger partial charge in [0, 0.05) is 39.4 Å². The van der Waals surface area contributed by atoms with E-state index < -0.39 is 0 Å². The summed E-state index contributed by atoms with van der Waals surface area (Å²) in [5, 5.41) is 3.43. The zero-order chi connectivity index (χ0) is 15.6. The lowest BCUT2D eigenvalue weighted by molar-refractivity contribution is 0.144. The van der Waals surface area contributed by atoms with Crippen LogP contribution in [0, 0.1) is 0 Å². The average molecular weight is 303 g/mol. The van der Waals surface area contributed by atoms with Crippen LogP contribution in [0.5, 0.6) is 0 Å². The molecular weight excluding hydrogens is 274 g/mol. The monoisotopic (exact) mass is 303 g/mol. The number of aliphatic imine (C=N–C) groups is 1. The van der Waals surface area contributed by atoms with Crippen molar-refractivity contribution in [2.45, 2.75) is 39.7 Å². The zero-order valence-corrected chi connectivity index (χ0v) is 14.0. The fraction of sp³-hybridized carbons (Fsp3) is 0.611. The molecule has 122 valence electrons. The van der Waals surface area contributed by atoms with E-state index in [4.69, 9.17) is 9.73 Å². The second-order valence-electron chi connectivity index (χ2n) is 5.58. The van der Waals surface area contributed by atoms with Crippen LogP contribution in [-0.4, -0.2) is 43.7 Å². The lowest BCUT2D eigenvalue weighted by atomic mass is 10.0. The molecule has 4 heteroatoms. The summed E-state index contributed by atoms with van der Waals surface area (Å²) in [6.07, 6.45) is 3.27. The van der Waals surface area contributed by atoms with Gasteiger partial charge in [0.15, 0.2) is 5.96 Å². The van der Waals surface area contributed by atoms with E-state index in [9.17, 15) is 0 Å². The zero-order valence-electron chi connectivity index (χ0n) is 14.0. The fourth-order valence-electron chi connectivity index (χ4n) is 2.75. The molecule has 1 heterocycles. The summed E-state index contributed by atoms with van der Waals surface area (Å²) in [7, 11) is 0. The summed E-state index contributed by atoms with van der Waals surface area (Å²) in [6.45, 7) is 9.60. The van der Waals surface area contributed by atoms with Crippen LogP contribution >= 0.6 is 0 Å². The van der Waals surface area contributed by atoms with Crippen molar-refractivity contribution in [3.05, 3.63) is 35.4 Å². The van der Waals surface area contributed by atoms with Gasteiger partial charge in [-0.05, 0) is 44.2 Å². The SMILES string of the molecule is CCNC(=NCCCCOCC)N1CCc2ccccc2C1. The van der Waals surface area contributed by atoms with Gasteiger partial charge in [-0.1, -0.05) is 24.3 Å². The van der Waals surface area contributed by atoms with Crippen molar-refractivity contribution in [3.8, 4) is 0 Å². The van der Waals surface area contributed by atoms with Crippen LogP contribution in [0.1, 0.15) is 37.8 Å². The van der Waals surface area contributed by atoms with Crippen molar-refractivity contribution in [2.24, 2.45) is 4.99 Å². The van der Waals surface area contributed by atoms with E-state index in [2.05, 4.69) is 41.4 Å². The lowest BCUT2D eigenvalue weighted by Crippen LogP contribution is -2.44. The number of hydrogen-bond acceptors (Lipinski definition) is 2. The van der Waals surface area contributed by atoms with E-state index in [1.54, 1.807) is 0 Å². The van der Waals surface area contributed by atoms with Gasteiger partial charge in [0.25, 0.3) is 0 Å². The van der Waals surface area contributed by atoms with Crippen molar-refractivity contribution in [2.75, 3.05) is 32.8 Å². The number of benzene rings is 1. The van der Waals surface area contributed by atoms with Crippen LogP contribution in [-0.2, 0) is 17.7 Å². The molecule has 0 saturated carbocycles. The molecule has 4 nitrogen and oxygen atoms in total. The number of rotatable bonds is 7. The first kappa shape index (κ1) is 16.8. The van der Waals surface area contributed by atoms with Gasteiger partial charge in [-0.25, -0.2) is 0 Å². The standard InChI is InChI=1S/C18H29N3O/c1-3-19-18(20-12-7-8-14-22-4-2)21-13-11-16-9-5-6-10-17(16)15-21/h5-6,9-10H,3-4,7-8,11-15H2,1-2H3,(H,19,20). The van der Waals surface area contributed by atoms with E-state index in [-0.39, 0.29) is 0 Å². The largest absolute Gasteiger partial charge is 0.382 e. The second kappa shape index (κ2) is 9.46. The van der Waals surface area contributed by atoms with Gasteiger partial charge >= 0.3 is 0 Å². The quantitative estimate of drug-likeness (QED) is 0.478. The third kappa shape index (κ3) is 5.02. The number of nitrogens with one attached hydrogen (secondary N) is 1. The van der Waals surface area contributed by atoms with Gasteiger partial charge < -0.3 is 15.0 Å². The second-order valence-corrected chi connectivity index (χ2v) is 5.58. The van der Waals surface area contributed by atoms with Crippen molar-refractivity contribution in [1.82, 2.24) is 10.2 Å². The number of guanidine groups is 1. The Morgan fingerprint density at radius 3 is 2.82 bits per heavy atom. The molecule has 0 atom stereocenters. The first-order valence-electron chi connectivity index (χ1n) is 8.53. The summed E-state index contributed by atoms with van der Waals surface area (Å²) in [4.78, 5) is 7.15. The first-order valence-corrected chi connectivity index (χ1v) is 8.53. The highest BCUT2D eigenvalue weighted by molar-refractivity contribution is 5.80. The van der Waals surface area contributed by atoms with Crippen LogP contribution in [0.4, 0.5) is 0 Å². The summed E-state index contributed by atoms with van der Waals surface area (Å²) in [5.74, 6) is 1.05. The smallest absolute Gasteiger partial charge is 0.194 e. The molecule has 0 amide bonds. The molecule has 1 aromatic rings. The van der Waals surface area contributed by atoms with E-state index in [0.717, 1.165) is 64.6 Å². The minimum atomic E-state index is 0.805. The maximum Gasteiger partial charge on any atom is 0.194 e. The third-order valence-corrected chi connectivity index (χ3v) is 3.93. The fourth-order valence-corrected chi connectivity index (χ4v) is 2.75. The number of hydrogen-bond donors (Lipinski definition) is 1. The van der Waals surface area contributed by atoms with Crippen LogP contribution in [0.3, 0.4) is 0 Å². The molecule has 0 radical (unpaired) electrons. The van der Waals surface area contributed by atoms with Crippen LogP contribution < -0.4 is 5.32 Å². The number of nitrogens with zero attached hydrogens (tertiary/aromatic N) is 2. The van der Waals surface area contributed by atoms with Gasteiger partial charge in [0.1, 0.15) is 0 Å². The highest BCUT2D eigenvalue weighted by Gasteiger charge is 2.18. The highest BCUT2D eigenvalue weighted by atomic mass is 16.5. The van der Waals surface area contributed by atoms with E-state index in [1.165, 1.54) is 11.1 Å². The van der Waals surface area contributed by atoms with Gasteiger partial charge in [0.05, 0.1) is 0 Å². The topological polar surface area (TPSA) is 36.9 Å². The number of ether oxygens (including phenoxy) is 1. The summed E-state index contributed by atoms with van der Waals surface area (Å²) >= 11 is 0. The predicted molar refractivity (Wildman–Crippen MR) is 92.3 cm³/mol. The highest BCUT2D eigenvalue weighted by Crippen LogP contribution is 2.18. The summed E-state index contributed by atoms with van der Waals surface area (Å²) in [5.41, 5.74) is 2.90. The average Bonchev–Trinajstić information content (AvgIpc) is 2.56. The molecule has 22 heavy (non-hydrogen) atoms. The lowest BCUT2D eigenvalue weighted by Gasteiger charge is -2.31. The Bertz CT molecular complexity index is 473. The number of unbranched alkanes of at least 4 members (excludes halogenated alkanes) is 1. The van der Waals surface area contributed by atoms with Gasteiger partial charge in [-0.15, -0.1) is 0 Å². The molecule has 1 aliphatic heterocycles. The predicted octanol–water partition coefficient (Wildman–Crippen LogP) is 2.83. The maximum atomic E-state index is 5.37. The minimum absolute atomic E-state index is 0.805. The van der Waals surface area contributed by atoms with E-state index >= 15 is 0 Å². The van der Waals surface area contributed by atoms with E-state index in [0.29, 0.717) is 0 Å². The van der Waals surface area contributed by atoms with Crippen LogP contribution in [0.2, 0.25) is 0 Å². The Morgan fingerprint density at radius 2 is 2.05 bits per heavy atom. The van der Waals surface area contributed by atoms with Gasteiger partial charge in [0.2, 0.25) is 0 Å². The summed E-state index contributed by atoms with van der Waals surface area (Å²) < 4.78 is 5.37. The Kier molecular flexibility index (Phi) is 7.23. The van der Waals surface area contributed by atoms with Crippen molar-refractivity contribution >= 4 is 5.96 Å². The molecule has 0 fully saturated rings. The minimum Gasteiger partial charge on any atom is -0.382 e. The number of fused-ring (bicyclic) bond motifs is 1. The Labute approximate surface area is 134 Å². The molecule has 2 rings (SSSR count). The normalized spacial score (nSPS) is 14.8. The van der Waals surface area contributed by atoms with Gasteiger partial charge in [-0.2, -0.15) is 0 Å². The Morgan fingerprint density at radius 1 is 1.23 bits per heavy atom. The van der Waals surface area contributed by atoms with Crippen LogP contribution in [0.15, 0.2) is 29.3 Å². The molecule has 0 spiro atoms. The van der Waals surface area contributed by atoms with Crippen LogP contribution in [0.25, 0.3) is 0 Å². The summed E-state index contributed by atoms with van der Waals surface area (Å²) in [6, 6.07) is 8.73. The molecule has 0 aliphatic carbocycles. The maximum absolute atomic E-state index is 5.37. The van der Waals surface area contributed by atoms with Crippen molar-refractivity contribution < 1.29 is 4.74 Å². The Balaban J connectivity index is 1.88. The molecule has 0 bridgehead atoms. The van der Waals surface area contributed by atoms with E-state index in [1.807, 2.05) is 6.92 Å².